The third kappa shape index (κ3) is 4.66. The molecular formula is C23H22ClN3O3. The number of para-hydroxylation sites is 3. The van der Waals surface area contributed by atoms with Gasteiger partial charge in [0.1, 0.15) is 11.6 Å². The molecule has 0 aliphatic rings. The van der Waals surface area contributed by atoms with E-state index in [2.05, 4.69) is 9.88 Å². The summed E-state index contributed by atoms with van der Waals surface area (Å²) in [6.45, 7) is 1.68. The highest BCUT2D eigenvalue weighted by molar-refractivity contribution is 6.32. The summed E-state index contributed by atoms with van der Waals surface area (Å²) in [7, 11) is 0. The van der Waals surface area contributed by atoms with Crippen molar-refractivity contribution in [1.29, 1.82) is 0 Å². The number of fused-ring (bicyclic) bond motifs is 1. The highest BCUT2D eigenvalue weighted by Gasteiger charge is 2.13. The Bertz CT molecular complexity index is 1120. The van der Waals surface area contributed by atoms with E-state index in [1.54, 1.807) is 12.1 Å². The van der Waals surface area contributed by atoms with E-state index in [4.69, 9.17) is 25.7 Å². The number of rotatable bonds is 9. The molecule has 0 spiro atoms. The van der Waals surface area contributed by atoms with Crippen LogP contribution in [0.3, 0.4) is 0 Å². The summed E-state index contributed by atoms with van der Waals surface area (Å²) in [6.07, 6.45) is 3.26. The molecule has 2 aromatic heterocycles. The van der Waals surface area contributed by atoms with E-state index in [0.717, 1.165) is 36.2 Å². The van der Waals surface area contributed by atoms with Crippen LogP contribution >= 0.6 is 11.6 Å². The summed E-state index contributed by atoms with van der Waals surface area (Å²) in [5.41, 5.74) is 1.96. The van der Waals surface area contributed by atoms with Crippen LogP contribution in [0.25, 0.3) is 11.0 Å². The van der Waals surface area contributed by atoms with Gasteiger partial charge >= 0.3 is 0 Å². The van der Waals surface area contributed by atoms with Crippen LogP contribution < -0.4 is 10.1 Å². The Hall–Kier alpha value is -3.25. The molecule has 0 atom stereocenters. The van der Waals surface area contributed by atoms with Crippen LogP contribution in [-0.2, 0) is 13.1 Å². The first-order valence-corrected chi connectivity index (χ1v) is 10.2. The Balaban J connectivity index is 1.37. The first kappa shape index (κ1) is 20.0. The number of imidazole rings is 1. The van der Waals surface area contributed by atoms with Gasteiger partial charge in [-0.3, -0.25) is 4.79 Å². The first-order valence-electron chi connectivity index (χ1n) is 9.85. The zero-order valence-corrected chi connectivity index (χ0v) is 17.1. The van der Waals surface area contributed by atoms with E-state index in [1.807, 2.05) is 48.5 Å². The van der Waals surface area contributed by atoms with Crippen LogP contribution in [0.5, 0.6) is 5.75 Å². The summed E-state index contributed by atoms with van der Waals surface area (Å²) >= 11 is 6.12. The number of nitrogens with zero attached hydrogens (tertiary/aromatic N) is 2. The van der Waals surface area contributed by atoms with Crippen molar-refractivity contribution < 1.29 is 13.9 Å². The van der Waals surface area contributed by atoms with Gasteiger partial charge in [0.05, 0.1) is 35.5 Å². The molecule has 7 heteroatoms. The van der Waals surface area contributed by atoms with Crippen molar-refractivity contribution in [2.75, 3.05) is 6.61 Å². The SMILES string of the molecule is O=C(NCc1nc2ccccc2n1CCCCOc1ccccc1Cl)c1ccco1. The van der Waals surface area contributed by atoms with Crippen LogP contribution in [0.4, 0.5) is 0 Å². The molecular weight excluding hydrogens is 402 g/mol. The third-order valence-corrected chi connectivity index (χ3v) is 5.07. The fourth-order valence-corrected chi connectivity index (χ4v) is 3.47. The lowest BCUT2D eigenvalue weighted by molar-refractivity contribution is 0.0921. The molecule has 0 saturated carbocycles. The van der Waals surface area contributed by atoms with Gasteiger partial charge in [-0.1, -0.05) is 35.9 Å². The number of hydrogen-bond donors (Lipinski definition) is 1. The molecule has 0 unspecified atom stereocenters. The molecule has 0 radical (unpaired) electrons. The Morgan fingerprint density at radius 3 is 2.73 bits per heavy atom. The van der Waals surface area contributed by atoms with Gasteiger partial charge in [-0.25, -0.2) is 4.98 Å². The van der Waals surface area contributed by atoms with E-state index in [1.165, 1.54) is 6.26 Å². The van der Waals surface area contributed by atoms with Crippen molar-refractivity contribution in [1.82, 2.24) is 14.9 Å². The Labute approximate surface area is 179 Å². The minimum absolute atomic E-state index is 0.258. The Kier molecular flexibility index (Phi) is 6.35. The number of furan rings is 1. The number of nitrogens with one attached hydrogen (secondary N) is 1. The quantitative estimate of drug-likeness (QED) is 0.381. The predicted molar refractivity (Wildman–Crippen MR) is 116 cm³/mol. The zero-order valence-electron chi connectivity index (χ0n) is 16.4. The minimum Gasteiger partial charge on any atom is -0.492 e. The molecule has 2 aromatic carbocycles. The first-order chi connectivity index (χ1) is 14.7. The largest absolute Gasteiger partial charge is 0.492 e. The maximum Gasteiger partial charge on any atom is 0.287 e. The standard InChI is InChI=1S/C23H22ClN3O3/c24-17-8-1-4-11-20(17)29-14-6-5-13-27-19-10-3-2-9-18(19)26-22(27)16-25-23(28)21-12-7-15-30-21/h1-4,7-12,15H,5-6,13-14,16H2,(H,25,28). The van der Waals surface area contributed by atoms with E-state index in [0.29, 0.717) is 23.9 Å². The number of aryl methyl sites for hydroxylation is 1. The van der Waals surface area contributed by atoms with Crippen LogP contribution in [0, 0.1) is 0 Å². The average molecular weight is 424 g/mol. The number of halogens is 1. The van der Waals surface area contributed by atoms with Gasteiger partial charge in [0.15, 0.2) is 5.76 Å². The van der Waals surface area contributed by atoms with Crippen LogP contribution in [-0.4, -0.2) is 22.1 Å². The monoisotopic (exact) mass is 423 g/mol. The van der Waals surface area contributed by atoms with Crippen LogP contribution in [0.2, 0.25) is 5.02 Å². The smallest absolute Gasteiger partial charge is 0.287 e. The second-order valence-electron chi connectivity index (χ2n) is 6.81. The second-order valence-corrected chi connectivity index (χ2v) is 7.22. The lowest BCUT2D eigenvalue weighted by Crippen LogP contribution is -2.24. The highest BCUT2D eigenvalue weighted by atomic mass is 35.5. The van der Waals surface area contributed by atoms with Crippen molar-refractivity contribution in [3.8, 4) is 5.75 Å². The minimum atomic E-state index is -0.258. The van der Waals surface area contributed by atoms with Gasteiger partial charge in [0.25, 0.3) is 5.91 Å². The van der Waals surface area contributed by atoms with Gasteiger partial charge in [-0.2, -0.15) is 0 Å². The van der Waals surface area contributed by atoms with Crippen molar-refractivity contribution in [3.05, 3.63) is 83.5 Å². The van der Waals surface area contributed by atoms with E-state index < -0.39 is 0 Å². The maximum absolute atomic E-state index is 12.2. The second kappa shape index (κ2) is 9.50. The van der Waals surface area contributed by atoms with Gasteiger partial charge in [-0.05, 0) is 49.2 Å². The number of carbonyl (C=O) groups is 1. The number of unbranched alkanes of at least 4 members (excludes halogenated alkanes) is 1. The highest BCUT2D eigenvalue weighted by Crippen LogP contribution is 2.23. The number of hydrogen-bond acceptors (Lipinski definition) is 4. The van der Waals surface area contributed by atoms with Gasteiger partial charge in [-0.15, -0.1) is 0 Å². The lowest BCUT2D eigenvalue weighted by atomic mass is 10.3. The molecule has 1 N–H and O–H groups in total. The predicted octanol–water partition coefficient (Wildman–Crippen LogP) is 5.07. The average Bonchev–Trinajstić information content (AvgIpc) is 3.41. The number of ether oxygens (including phenoxy) is 1. The molecule has 1 amide bonds. The number of amides is 1. The molecule has 6 nitrogen and oxygen atoms in total. The molecule has 154 valence electrons. The molecule has 4 rings (SSSR count). The number of benzene rings is 2. The van der Waals surface area contributed by atoms with Gasteiger partial charge in [0.2, 0.25) is 0 Å². The van der Waals surface area contributed by atoms with Crippen molar-refractivity contribution >= 4 is 28.5 Å². The van der Waals surface area contributed by atoms with Gasteiger partial charge in [0, 0.05) is 6.54 Å². The van der Waals surface area contributed by atoms with E-state index in [-0.39, 0.29) is 11.7 Å². The lowest BCUT2D eigenvalue weighted by Gasteiger charge is -2.11. The molecule has 2 heterocycles. The topological polar surface area (TPSA) is 69.3 Å². The van der Waals surface area contributed by atoms with Crippen molar-refractivity contribution in [2.24, 2.45) is 0 Å². The molecule has 0 bridgehead atoms. The van der Waals surface area contributed by atoms with E-state index in [9.17, 15) is 4.79 Å². The third-order valence-electron chi connectivity index (χ3n) is 4.76. The molecule has 0 fully saturated rings. The maximum atomic E-state index is 12.2. The number of aromatic nitrogens is 2. The molecule has 0 aliphatic carbocycles. The Morgan fingerprint density at radius 2 is 1.90 bits per heavy atom. The van der Waals surface area contributed by atoms with Crippen molar-refractivity contribution in [3.63, 3.8) is 0 Å². The van der Waals surface area contributed by atoms with Crippen molar-refractivity contribution in [2.45, 2.75) is 25.9 Å². The fraction of sp³-hybridized carbons (Fsp3) is 0.217. The zero-order chi connectivity index (χ0) is 20.8. The normalized spacial score (nSPS) is 11.0. The summed E-state index contributed by atoms with van der Waals surface area (Å²) in [4.78, 5) is 16.9. The summed E-state index contributed by atoms with van der Waals surface area (Å²) in [5.74, 6) is 1.54. The summed E-state index contributed by atoms with van der Waals surface area (Å²) < 4.78 is 13.1. The molecule has 0 saturated heterocycles. The molecule has 4 aromatic rings. The van der Waals surface area contributed by atoms with Crippen LogP contribution in [0.15, 0.2) is 71.3 Å². The van der Waals surface area contributed by atoms with Gasteiger partial charge < -0.3 is 19.0 Å². The molecule has 0 aliphatic heterocycles. The number of carbonyl (C=O) groups excluding carboxylic acids is 1. The summed E-state index contributed by atoms with van der Waals surface area (Å²) in [6, 6.07) is 18.8. The Morgan fingerprint density at radius 1 is 1.07 bits per heavy atom. The summed E-state index contributed by atoms with van der Waals surface area (Å²) in [5, 5.41) is 3.49. The molecule has 30 heavy (non-hydrogen) atoms. The van der Waals surface area contributed by atoms with E-state index >= 15 is 0 Å². The van der Waals surface area contributed by atoms with Crippen LogP contribution in [0.1, 0.15) is 29.2 Å². The fourth-order valence-electron chi connectivity index (χ4n) is 3.28.